The molecule has 7 heteroatoms. The van der Waals surface area contributed by atoms with E-state index >= 15 is 0 Å². The highest BCUT2D eigenvalue weighted by Gasteiger charge is 2.10. The van der Waals surface area contributed by atoms with E-state index in [2.05, 4.69) is 56.7 Å². The molecule has 7 nitrogen and oxygen atoms in total. The number of aromatic nitrogens is 3. The predicted octanol–water partition coefficient (Wildman–Crippen LogP) is 1.98. The van der Waals surface area contributed by atoms with Gasteiger partial charge < -0.3 is 15.4 Å². The summed E-state index contributed by atoms with van der Waals surface area (Å²) in [5, 5.41) is 14.7. The minimum absolute atomic E-state index is 0.541. The zero-order chi connectivity index (χ0) is 16.8. The van der Waals surface area contributed by atoms with Crippen molar-refractivity contribution in [3.8, 4) is 0 Å². The molecule has 2 heterocycles. The number of para-hydroxylation sites is 1. The van der Waals surface area contributed by atoms with Crippen molar-refractivity contribution in [2.45, 2.75) is 13.8 Å². The quantitative estimate of drug-likeness (QED) is 0.839. The van der Waals surface area contributed by atoms with Crippen LogP contribution in [0.25, 0.3) is 0 Å². The second-order valence-corrected chi connectivity index (χ2v) is 5.94. The van der Waals surface area contributed by atoms with E-state index in [-0.39, 0.29) is 0 Å². The van der Waals surface area contributed by atoms with Crippen molar-refractivity contribution in [1.29, 1.82) is 0 Å². The Kier molecular flexibility index (Phi) is 5.55. The molecule has 1 fully saturated rings. The van der Waals surface area contributed by atoms with Gasteiger partial charge in [0, 0.05) is 31.9 Å². The van der Waals surface area contributed by atoms with Crippen molar-refractivity contribution < 1.29 is 4.74 Å². The van der Waals surface area contributed by atoms with Gasteiger partial charge >= 0.3 is 0 Å². The van der Waals surface area contributed by atoms with Gasteiger partial charge in [0.25, 0.3) is 0 Å². The molecule has 2 N–H and O–H groups in total. The van der Waals surface area contributed by atoms with Crippen LogP contribution in [0.2, 0.25) is 0 Å². The molecule has 0 amide bonds. The number of aryl methyl sites for hydroxylation is 2. The lowest BCUT2D eigenvalue weighted by Gasteiger charge is -2.26. The monoisotopic (exact) mass is 328 g/mol. The zero-order valence-electron chi connectivity index (χ0n) is 14.2. The van der Waals surface area contributed by atoms with Crippen LogP contribution in [0.15, 0.2) is 24.4 Å². The third kappa shape index (κ3) is 4.39. The Morgan fingerprint density at radius 2 is 1.92 bits per heavy atom. The SMILES string of the molecule is Cc1cccc(C)c1Nc1cnnc(NCCN2CCOCC2)n1. The second-order valence-electron chi connectivity index (χ2n) is 5.94. The molecular weight excluding hydrogens is 304 g/mol. The molecule has 0 spiro atoms. The number of anilines is 3. The molecule has 0 radical (unpaired) electrons. The van der Waals surface area contributed by atoms with E-state index in [1.54, 1.807) is 6.20 Å². The molecule has 2 aromatic rings. The Balaban J connectivity index is 1.57. The second kappa shape index (κ2) is 8.03. The van der Waals surface area contributed by atoms with Gasteiger partial charge in [-0.05, 0) is 25.0 Å². The maximum Gasteiger partial charge on any atom is 0.244 e. The smallest absolute Gasteiger partial charge is 0.244 e. The fraction of sp³-hybridized carbons (Fsp3) is 0.471. The first-order valence-electron chi connectivity index (χ1n) is 8.29. The molecule has 0 unspecified atom stereocenters. The van der Waals surface area contributed by atoms with Gasteiger partial charge in [-0.15, -0.1) is 5.10 Å². The van der Waals surface area contributed by atoms with Crippen LogP contribution in [0.5, 0.6) is 0 Å². The first kappa shape index (κ1) is 16.6. The average molecular weight is 328 g/mol. The normalized spacial score (nSPS) is 15.2. The summed E-state index contributed by atoms with van der Waals surface area (Å²) < 4.78 is 5.35. The number of benzene rings is 1. The Morgan fingerprint density at radius 1 is 1.17 bits per heavy atom. The Bertz CT molecular complexity index is 652. The van der Waals surface area contributed by atoms with Crippen LogP contribution in [0, 0.1) is 13.8 Å². The van der Waals surface area contributed by atoms with Crippen LogP contribution in [0.4, 0.5) is 17.5 Å². The zero-order valence-corrected chi connectivity index (χ0v) is 14.2. The van der Waals surface area contributed by atoms with Crippen LogP contribution in [-0.4, -0.2) is 59.5 Å². The van der Waals surface area contributed by atoms with E-state index in [1.807, 2.05) is 6.07 Å². The van der Waals surface area contributed by atoms with Gasteiger partial charge in [0.05, 0.1) is 19.4 Å². The summed E-state index contributed by atoms with van der Waals surface area (Å²) in [4.78, 5) is 6.86. The van der Waals surface area contributed by atoms with E-state index in [0.717, 1.165) is 45.1 Å². The van der Waals surface area contributed by atoms with Crippen LogP contribution in [0.3, 0.4) is 0 Å². The van der Waals surface area contributed by atoms with E-state index in [1.165, 1.54) is 11.1 Å². The molecule has 1 aliphatic rings. The number of nitrogens with one attached hydrogen (secondary N) is 2. The van der Waals surface area contributed by atoms with Gasteiger partial charge in [-0.1, -0.05) is 18.2 Å². The van der Waals surface area contributed by atoms with Crippen molar-refractivity contribution in [1.82, 2.24) is 20.1 Å². The summed E-state index contributed by atoms with van der Waals surface area (Å²) in [5.41, 5.74) is 3.42. The third-order valence-electron chi connectivity index (χ3n) is 4.11. The van der Waals surface area contributed by atoms with Gasteiger partial charge in [0.2, 0.25) is 5.95 Å². The van der Waals surface area contributed by atoms with Crippen molar-refractivity contribution >= 4 is 17.5 Å². The van der Waals surface area contributed by atoms with E-state index in [9.17, 15) is 0 Å². The number of ether oxygens (including phenoxy) is 1. The van der Waals surface area contributed by atoms with Gasteiger partial charge in [-0.2, -0.15) is 10.1 Å². The lowest BCUT2D eigenvalue weighted by molar-refractivity contribution is 0.0398. The van der Waals surface area contributed by atoms with Crippen molar-refractivity contribution in [3.05, 3.63) is 35.5 Å². The number of nitrogens with zero attached hydrogens (tertiary/aromatic N) is 4. The molecule has 0 saturated carbocycles. The number of hydrogen-bond acceptors (Lipinski definition) is 7. The lowest BCUT2D eigenvalue weighted by atomic mass is 10.1. The van der Waals surface area contributed by atoms with Crippen molar-refractivity contribution in [3.63, 3.8) is 0 Å². The van der Waals surface area contributed by atoms with Gasteiger partial charge in [-0.3, -0.25) is 4.90 Å². The summed E-state index contributed by atoms with van der Waals surface area (Å²) in [5.74, 6) is 1.23. The summed E-state index contributed by atoms with van der Waals surface area (Å²) >= 11 is 0. The van der Waals surface area contributed by atoms with E-state index in [4.69, 9.17) is 4.74 Å². The average Bonchev–Trinajstić information content (AvgIpc) is 2.60. The molecule has 0 bridgehead atoms. The number of morpholine rings is 1. The van der Waals surface area contributed by atoms with E-state index < -0.39 is 0 Å². The highest BCUT2D eigenvalue weighted by atomic mass is 16.5. The molecule has 1 aromatic carbocycles. The fourth-order valence-electron chi connectivity index (χ4n) is 2.73. The Hall–Kier alpha value is -2.25. The molecule has 1 saturated heterocycles. The largest absolute Gasteiger partial charge is 0.379 e. The van der Waals surface area contributed by atoms with Crippen LogP contribution in [0.1, 0.15) is 11.1 Å². The van der Waals surface area contributed by atoms with Crippen molar-refractivity contribution in [2.24, 2.45) is 0 Å². The maximum absolute atomic E-state index is 5.35. The molecule has 1 aliphatic heterocycles. The standard InChI is InChI=1S/C17H24N6O/c1-13-4-3-5-14(2)16(13)20-15-12-19-22-17(21-15)18-6-7-23-8-10-24-11-9-23/h3-5,12H,6-11H2,1-2H3,(H2,18,20,21,22). The van der Waals surface area contributed by atoms with Gasteiger partial charge in [0.1, 0.15) is 0 Å². The minimum Gasteiger partial charge on any atom is -0.379 e. The third-order valence-corrected chi connectivity index (χ3v) is 4.11. The first-order valence-corrected chi connectivity index (χ1v) is 8.29. The minimum atomic E-state index is 0.541. The van der Waals surface area contributed by atoms with E-state index in [0.29, 0.717) is 11.8 Å². The highest BCUT2D eigenvalue weighted by Crippen LogP contribution is 2.23. The first-order chi connectivity index (χ1) is 11.7. The predicted molar refractivity (Wildman–Crippen MR) is 94.8 cm³/mol. The molecule has 3 rings (SSSR count). The topological polar surface area (TPSA) is 75.2 Å². The summed E-state index contributed by atoms with van der Waals surface area (Å²) in [6, 6.07) is 6.20. The van der Waals surface area contributed by atoms with Crippen LogP contribution in [-0.2, 0) is 4.74 Å². The maximum atomic E-state index is 5.35. The molecule has 1 aromatic heterocycles. The van der Waals surface area contributed by atoms with Crippen LogP contribution < -0.4 is 10.6 Å². The lowest BCUT2D eigenvalue weighted by Crippen LogP contribution is -2.39. The molecular formula is C17H24N6O. The number of hydrogen-bond donors (Lipinski definition) is 2. The van der Waals surface area contributed by atoms with Crippen LogP contribution >= 0.6 is 0 Å². The Morgan fingerprint density at radius 3 is 2.67 bits per heavy atom. The molecule has 128 valence electrons. The summed E-state index contributed by atoms with van der Waals surface area (Å²) in [6.45, 7) is 9.47. The summed E-state index contributed by atoms with van der Waals surface area (Å²) in [7, 11) is 0. The molecule has 0 aliphatic carbocycles. The van der Waals surface area contributed by atoms with Gasteiger partial charge in [0.15, 0.2) is 5.82 Å². The molecule has 0 atom stereocenters. The summed E-state index contributed by atoms with van der Waals surface area (Å²) in [6.07, 6.45) is 1.64. The van der Waals surface area contributed by atoms with Crippen molar-refractivity contribution in [2.75, 3.05) is 50.0 Å². The fourth-order valence-corrected chi connectivity index (χ4v) is 2.73. The molecule has 24 heavy (non-hydrogen) atoms. The number of rotatable bonds is 6. The Labute approximate surface area is 142 Å². The van der Waals surface area contributed by atoms with Gasteiger partial charge in [-0.25, -0.2) is 0 Å². The highest BCUT2D eigenvalue weighted by molar-refractivity contribution is 5.64.